The van der Waals surface area contributed by atoms with Crippen molar-refractivity contribution < 1.29 is 19.1 Å². The number of hydrogen-bond acceptors (Lipinski definition) is 5. The van der Waals surface area contributed by atoms with Crippen molar-refractivity contribution in [1.82, 2.24) is 5.32 Å². The van der Waals surface area contributed by atoms with Crippen molar-refractivity contribution in [3.63, 3.8) is 0 Å². The molecule has 1 aliphatic rings. The Morgan fingerprint density at radius 1 is 1.03 bits per heavy atom. The second-order valence-corrected chi connectivity index (χ2v) is 8.63. The van der Waals surface area contributed by atoms with Crippen LogP contribution in [-0.4, -0.2) is 30.4 Å². The smallest absolute Gasteiger partial charge is 0.341 e. The van der Waals surface area contributed by atoms with Crippen molar-refractivity contribution in [3.05, 3.63) is 51.4 Å². The van der Waals surface area contributed by atoms with E-state index in [0.717, 1.165) is 42.6 Å². The van der Waals surface area contributed by atoms with Crippen LogP contribution in [0.5, 0.6) is 0 Å². The molecule has 0 radical (unpaired) electrons. The first-order chi connectivity index (χ1) is 14.4. The maximum atomic E-state index is 12.9. The number of ether oxygens (including phenoxy) is 1. The molecule has 0 saturated heterocycles. The number of carbonyl (C=O) groups is 3. The fourth-order valence-electron chi connectivity index (χ4n) is 3.65. The lowest BCUT2D eigenvalue weighted by Crippen LogP contribution is -2.36. The SMILES string of the molecule is CCOC(=O)c1c(NC(=O)c2ccc(C)cc2)sc(C(=O)NC2CCCCC2)c1C. The Morgan fingerprint density at radius 2 is 1.70 bits per heavy atom. The molecule has 1 saturated carbocycles. The van der Waals surface area contributed by atoms with Gasteiger partial charge in [-0.2, -0.15) is 0 Å². The summed E-state index contributed by atoms with van der Waals surface area (Å²) in [6, 6.07) is 7.32. The quantitative estimate of drug-likeness (QED) is 0.644. The number of amides is 2. The predicted molar refractivity (Wildman–Crippen MR) is 118 cm³/mol. The van der Waals surface area contributed by atoms with E-state index in [0.29, 0.717) is 21.0 Å². The monoisotopic (exact) mass is 428 g/mol. The van der Waals surface area contributed by atoms with E-state index in [2.05, 4.69) is 10.6 Å². The van der Waals surface area contributed by atoms with Gasteiger partial charge in [-0.05, 0) is 51.3 Å². The van der Waals surface area contributed by atoms with Gasteiger partial charge in [0.2, 0.25) is 0 Å². The van der Waals surface area contributed by atoms with Crippen LogP contribution in [0.25, 0.3) is 0 Å². The molecule has 3 rings (SSSR count). The summed E-state index contributed by atoms with van der Waals surface area (Å²) >= 11 is 1.12. The zero-order valence-electron chi connectivity index (χ0n) is 17.7. The molecule has 7 heteroatoms. The van der Waals surface area contributed by atoms with E-state index in [1.54, 1.807) is 26.0 Å². The molecular weight excluding hydrogens is 400 g/mol. The highest BCUT2D eigenvalue weighted by Gasteiger charge is 2.28. The lowest BCUT2D eigenvalue weighted by molar-refractivity contribution is 0.0527. The summed E-state index contributed by atoms with van der Waals surface area (Å²) in [5.74, 6) is -1.08. The van der Waals surface area contributed by atoms with E-state index in [9.17, 15) is 14.4 Å². The first kappa shape index (κ1) is 22.0. The second kappa shape index (κ2) is 9.89. The number of esters is 1. The van der Waals surface area contributed by atoms with Crippen LogP contribution in [0.3, 0.4) is 0 Å². The van der Waals surface area contributed by atoms with Gasteiger partial charge in [0.15, 0.2) is 0 Å². The molecule has 160 valence electrons. The largest absolute Gasteiger partial charge is 0.462 e. The minimum absolute atomic E-state index is 0.157. The van der Waals surface area contributed by atoms with Crippen LogP contribution in [0, 0.1) is 13.8 Å². The van der Waals surface area contributed by atoms with Gasteiger partial charge in [-0.25, -0.2) is 4.79 Å². The number of thiophene rings is 1. The molecule has 6 nitrogen and oxygen atoms in total. The Kier molecular flexibility index (Phi) is 7.26. The second-order valence-electron chi connectivity index (χ2n) is 7.61. The predicted octanol–water partition coefficient (Wildman–Crippen LogP) is 4.86. The highest BCUT2D eigenvalue weighted by Crippen LogP contribution is 2.34. The van der Waals surface area contributed by atoms with Gasteiger partial charge < -0.3 is 15.4 Å². The fraction of sp³-hybridized carbons (Fsp3) is 0.435. The van der Waals surface area contributed by atoms with Crippen LogP contribution in [-0.2, 0) is 4.74 Å². The van der Waals surface area contributed by atoms with E-state index in [1.807, 2.05) is 19.1 Å². The molecule has 0 unspecified atom stereocenters. The van der Waals surface area contributed by atoms with Crippen molar-refractivity contribution in [3.8, 4) is 0 Å². The summed E-state index contributed by atoms with van der Waals surface area (Å²) in [6.07, 6.45) is 5.36. The number of rotatable bonds is 6. The van der Waals surface area contributed by atoms with Gasteiger partial charge >= 0.3 is 5.97 Å². The number of anilines is 1. The van der Waals surface area contributed by atoms with Crippen LogP contribution in [0.15, 0.2) is 24.3 Å². The van der Waals surface area contributed by atoms with Gasteiger partial charge in [0.05, 0.1) is 17.0 Å². The normalized spacial score (nSPS) is 14.2. The van der Waals surface area contributed by atoms with Crippen LogP contribution < -0.4 is 10.6 Å². The first-order valence-electron chi connectivity index (χ1n) is 10.4. The van der Waals surface area contributed by atoms with E-state index in [1.165, 1.54) is 6.42 Å². The third-order valence-electron chi connectivity index (χ3n) is 5.31. The molecule has 0 atom stereocenters. The Labute approximate surface area is 181 Å². The van der Waals surface area contributed by atoms with Gasteiger partial charge in [0.25, 0.3) is 11.8 Å². The van der Waals surface area contributed by atoms with E-state index < -0.39 is 5.97 Å². The van der Waals surface area contributed by atoms with Crippen LogP contribution >= 0.6 is 11.3 Å². The zero-order chi connectivity index (χ0) is 21.7. The summed E-state index contributed by atoms with van der Waals surface area (Å²) in [7, 11) is 0. The molecule has 30 heavy (non-hydrogen) atoms. The third-order valence-corrected chi connectivity index (χ3v) is 6.52. The van der Waals surface area contributed by atoms with E-state index >= 15 is 0 Å². The van der Waals surface area contributed by atoms with E-state index in [4.69, 9.17) is 4.74 Å². The van der Waals surface area contributed by atoms with Crippen molar-refractivity contribution in [2.45, 2.75) is 58.9 Å². The standard InChI is InChI=1S/C23H28N2O4S/c1-4-29-23(28)18-15(3)19(21(27)24-17-8-6-5-7-9-17)30-22(18)25-20(26)16-12-10-14(2)11-13-16/h10-13,17H,4-9H2,1-3H3,(H,24,27)(H,25,26). The zero-order valence-corrected chi connectivity index (χ0v) is 18.5. The number of benzene rings is 1. The molecule has 1 heterocycles. The average Bonchev–Trinajstić information content (AvgIpc) is 3.05. The van der Waals surface area contributed by atoms with Crippen molar-refractivity contribution in [2.75, 3.05) is 11.9 Å². The van der Waals surface area contributed by atoms with Crippen molar-refractivity contribution in [2.24, 2.45) is 0 Å². The van der Waals surface area contributed by atoms with Gasteiger partial charge in [-0.3, -0.25) is 9.59 Å². The molecular formula is C23H28N2O4S. The minimum atomic E-state index is -0.540. The number of nitrogens with one attached hydrogen (secondary N) is 2. The highest BCUT2D eigenvalue weighted by atomic mass is 32.1. The van der Waals surface area contributed by atoms with Gasteiger partial charge in [0.1, 0.15) is 5.00 Å². The van der Waals surface area contributed by atoms with E-state index in [-0.39, 0.29) is 30.0 Å². The molecule has 2 aromatic rings. The summed E-state index contributed by atoms with van der Waals surface area (Å²) in [6.45, 7) is 5.60. The molecule has 1 aromatic carbocycles. The topological polar surface area (TPSA) is 84.5 Å². The number of hydrogen-bond donors (Lipinski definition) is 2. The van der Waals surface area contributed by atoms with Gasteiger partial charge in [0, 0.05) is 11.6 Å². The lowest BCUT2D eigenvalue weighted by Gasteiger charge is -2.22. The average molecular weight is 429 g/mol. The fourth-order valence-corrected chi connectivity index (χ4v) is 4.74. The summed E-state index contributed by atoms with van der Waals surface area (Å²) in [4.78, 5) is 38.6. The van der Waals surface area contributed by atoms with Crippen LogP contribution in [0.4, 0.5) is 5.00 Å². The molecule has 1 aliphatic carbocycles. The summed E-state index contributed by atoms with van der Waals surface area (Å²) < 4.78 is 5.18. The van der Waals surface area contributed by atoms with Crippen molar-refractivity contribution >= 4 is 34.1 Å². The van der Waals surface area contributed by atoms with Crippen molar-refractivity contribution in [1.29, 1.82) is 0 Å². The molecule has 0 spiro atoms. The maximum absolute atomic E-state index is 12.9. The van der Waals surface area contributed by atoms with Crippen LogP contribution in [0.2, 0.25) is 0 Å². The molecule has 2 amide bonds. The highest BCUT2D eigenvalue weighted by molar-refractivity contribution is 7.18. The molecule has 2 N–H and O–H groups in total. The Morgan fingerprint density at radius 3 is 2.33 bits per heavy atom. The lowest BCUT2D eigenvalue weighted by atomic mass is 9.95. The maximum Gasteiger partial charge on any atom is 0.341 e. The van der Waals surface area contributed by atoms with Gasteiger partial charge in [-0.1, -0.05) is 37.0 Å². The molecule has 0 aliphatic heterocycles. The van der Waals surface area contributed by atoms with Gasteiger partial charge in [-0.15, -0.1) is 11.3 Å². The Balaban J connectivity index is 1.87. The summed E-state index contributed by atoms with van der Waals surface area (Å²) in [5, 5.41) is 6.23. The number of carbonyl (C=O) groups excluding carboxylic acids is 3. The molecule has 1 fully saturated rings. The Hall–Kier alpha value is -2.67. The molecule has 0 bridgehead atoms. The number of aryl methyl sites for hydroxylation is 1. The molecule has 1 aromatic heterocycles. The first-order valence-corrected chi connectivity index (χ1v) is 11.2. The van der Waals surface area contributed by atoms with Crippen LogP contribution in [0.1, 0.15) is 80.5 Å². The third kappa shape index (κ3) is 5.08. The Bertz CT molecular complexity index is 927. The minimum Gasteiger partial charge on any atom is -0.462 e. The summed E-state index contributed by atoms with van der Waals surface area (Å²) in [5.41, 5.74) is 2.31.